The topological polar surface area (TPSA) is 148 Å². The molecule has 1 aromatic carbocycles. The van der Waals surface area contributed by atoms with E-state index in [0.29, 0.717) is 40.6 Å². The zero-order valence-corrected chi connectivity index (χ0v) is 24.9. The Morgan fingerprint density at radius 1 is 1.07 bits per heavy atom. The van der Waals surface area contributed by atoms with Crippen LogP contribution in [0.3, 0.4) is 0 Å². The normalized spacial score (nSPS) is 16.8. The molecule has 0 unspecified atom stereocenters. The monoisotopic (exact) mass is 574 g/mol. The molecule has 1 fully saturated rings. The molecule has 222 valence electrons. The molecule has 3 aromatic rings. The lowest BCUT2D eigenvalue weighted by atomic mass is 9.93. The lowest BCUT2D eigenvalue weighted by Crippen LogP contribution is -2.47. The number of fused-ring (bicyclic) bond motifs is 1. The fraction of sp³-hybridized carbons (Fsp3) is 0.400. The number of carbonyl (C=O) groups excluding carboxylic acids is 3. The Hall–Kier alpha value is -4.42. The summed E-state index contributed by atoms with van der Waals surface area (Å²) in [5.74, 6) is 0.653. The van der Waals surface area contributed by atoms with Crippen LogP contribution in [0.15, 0.2) is 28.8 Å². The van der Waals surface area contributed by atoms with Gasteiger partial charge in [-0.05, 0) is 44.7 Å². The number of aryl methyl sites for hydroxylation is 1. The van der Waals surface area contributed by atoms with Gasteiger partial charge in [-0.1, -0.05) is 32.0 Å². The van der Waals surface area contributed by atoms with Crippen LogP contribution >= 0.6 is 0 Å². The number of carbonyl (C=O) groups is 3. The fourth-order valence-corrected chi connectivity index (χ4v) is 5.02. The van der Waals surface area contributed by atoms with E-state index in [0.717, 1.165) is 48.8 Å². The largest absolute Gasteiger partial charge is 0.359 e. The van der Waals surface area contributed by atoms with Crippen LogP contribution in [0.4, 0.5) is 27.7 Å². The molecule has 1 saturated heterocycles. The molecule has 42 heavy (non-hydrogen) atoms. The van der Waals surface area contributed by atoms with Crippen molar-refractivity contribution in [1.82, 2.24) is 19.9 Å². The SMILES string of the molecule is Cc1[nH]c(C=C2C(=O)Nc3cc(NC(=O)Nc4cc(C(C)(C)C)on4)ccc32)c(C)c1NC(=O)CN1CCN(C)CC1. The van der Waals surface area contributed by atoms with Crippen molar-refractivity contribution in [1.29, 1.82) is 0 Å². The minimum atomic E-state index is -0.483. The Balaban J connectivity index is 1.26. The van der Waals surface area contributed by atoms with Crippen molar-refractivity contribution in [3.05, 3.63) is 52.5 Å². The number of nitrogens with one attached hydrogen (secondary N) is 5. The first-order valence-electron chi connectivity index (χ1n) is 14.0. The van der Waals surface area contributed by atoms with Crippen molar-refractivity contribution >= 4 is 52.4 Å². The molecule has 2 aromatic heterocycles. The second-order valence-corrected chi connectivity index (χ2v) is 12.0. The van der Waals surface area contributed by atoms with Gasteiger partial charge in [0.05, 0.1) is 23.5 Å². The van der Waals surface area contributed by atoms with E-state index in [1.807, 2.05) is 34.6 Å². The Morgan fingerprint density at radius 3 is 2.50 bits per heavy atom. The highest BCUT2D eigenvalue weighted by Gasteiger charge is 2.26. The molecule has 4 heterocycles. The third-order valence-electron chi connectivity index (χ3n) is 7.54. The van der Waals surface area contributed by atoms with Crippen LogP contribution in [0.2, 0.25) is 0 Å². The number of hydrogen-bond donors (Lipinski definition) is 5. The average Bonchev–Trinajstić information content (AvgIpc) is 3.58. The molecular formula is C30H38N8O4. The molecule has 5 rings (SSSR count). The van der Waals surface area contributed by atoms with Crippen LogP contribution in [0, 0.1) is 13.8 Å². The molecule has 4 amide bonds. The lowest BCUT2D eigenvalue weighted by Gasteiger charge is -2.31. The molecule has 0 bridgehead atoms. The highest BCUT2D eigenvalue weighted by Crippen LogP contribution is 2.36. The minimum Gasteiger partial charge on any atom is -0.359 e. The van der Waals surface area contributed by atoms with Gasteiger partial charge in [-0.3, -0.25) is 19.8 Å². The maximum absolute atomic E-state index is 12.9. The van der Waals surface area contributed by atoms with Gasteiger partial charge in [-0.15, -0.1) is 0 Å². The summed E-state index contributed by atoms with van der Waals surface area (Å²) >= 11 is 0. The zero-order valence-electron chi connectivity index (χ0n) is 24.9. The number of benzene rings is 1. The van der Waals surface area contributed by atoms with E-state index in [2.05, 4.69) is 48.3 Å². The number of piperazine rings is 1. The van der Waals surface area contributed by atoms with Gasteiger partial charge in [0.1, 0.15) is 5.76 Å². The van der Waals surface area contributed by atoms with Crippen molar-refractivity contribution in [2.24, 2.45) is 0 Å². The average molecular weight is 575 g/mol. The van der Waals surface area contributed by atoms with Gasteiger partial charge >= 0.3 is 6.03 Å². The van der Waals surface area contributed by atoms with Crippen LogP contribution < -0.4 is 21.3 Å². The lowest BCUT2D eigenvalue weighted by molar-refractivity contribution is -0.117. The van der Waals surface area contributed by atoms with Crippen molar-refractivity contribution in [2.75, 3.05) is 61.0 Å². The van der Waals surface area contributed by atoms with Gasteiger partial charge in [-0.25, -0.2) is 4.79 Å². The predicted molar refractivity (Wildman–Crippen MR) is 164 cm³/mol. The van der Waals surface area contributed by atoms with E-state index in [-0.39, 0.29) is 17.2 Å². The summed E-state index contributed by atoms with van der Waals surface area (Å²) < 4.78 is 5.31. The molecule has 0 radical (unpaired) electrons. The van der Waals surface area contributed by atoms with Crippen LogP contribution in [0.25, 0.3) is 11.6 Å². The number of aromatic nitrogens is 2. The Morgan fingerprint density at radius 2 is 1.81 bits per heavy atom. The number of rotatable bonds is 6. The highest BCUT2D eigenvalue weighted by molar-refractivity contribution is 6.35. The maximum atomic E-state index is 12.9. The minimum absolute atomic E-state index is 0.0600. The second-order valence-electron chi connectivity index (χ2n) is 12.0. The van der Waals surface area contributed by atoms with Crippen molar-refractivity contribution in [2.45, 2.75) is 40.0 Å². The Bertz CT molecular complexity index is 1550. The van der Waals surface area contributed by atoms with E-state index < -0.39 is 6.03 Å². The first-order valence-corrected chi connectivity index (χ1v) is 14.0. The van der Waals surface area contributed by atoms with Crippen LogP contribution in [-0.4, -0.2) is 77.6 Å². The number of likely N-dealkylation sites (N-methyl/N-ethyl adjacent to an activating group) is 1. The molecule has 2 aliphatic heterocycles. The quantitative estimate of drug-likeness (QED) is 0.277. The summed E-state index contributed by atoms with van der Waals surface area (Å²) in [6, 6.07) is 6.42. The number of anilines is 4. The zero-order chi connectivity index (χ0) is 30.2. The van der Waals surface area contributed by atoms with Crippen LogP contribution in [0.5, 0.6) is 0 Å². The van der Waals surface area contributed by atoms with Gasteiger partial charge < -0.3 is 30.4 Å². The van der Waals surface area contributed by atoms with Gasteiger partial charge in [0.15, 0.2) is 5.82 Å². The number of hydrogen-bond acceptors (Lipinski definition) is 7. The molecule has 5 N–H and O–H groups in total. The molecule has 0 aliphatic carbocycles. The summed E-state index contributed by atoms with van der Waals surface area (Å²) in [5, 5.41) is 15.2. The molecule has 12 heteroatoms. The summed E-state index contributed by atoms with van der Waals surface area (Å²) in [6.07, 6.45) is 1.79. The number of amides is 4. The van der Waals surface area contributed by atoms with E-state index in [1.54, 1.807) is 30.3 Å². The van der Waals surface area contributed by atoms with E-state index in [4.69, 9.17) is 4.52 Å². The smallest absolute Gasteiger partial charge is 0.324 e. The third kappa shape index (κ3) is 6.39. The molecule has 2 aliphatic rings. The van der Waals surface area contributed by atoms with Crippen molar-refractivity contribution in [3.63, 3.8) is 0 Å². The van der Waals surface area contributed by atoms with Crippen molar-refractivity contribution < 1.29 is 18.9 Å². The second kappa shape index (κ2) is 11.5. The summed E-state index contributed by atoms with van der Waals surface area (Å²) in [6.45, 7) is 13.8. The van der Waals surface area contributed by atoms with E-state index >= 15 is 0 Å². The van der Waals surface area contributed by atoms with Gasteiger partial charge in [0, 0.05) is 60.3 Å². The summed E-state index contributed by atoms with van der Waals surface area (Å²) in [4.78, 5) is 46.0. The van der Waals surface area contributed by atoms with Crippen molar-refractivity contribution in [3.8, 4) is 0 Å². The number of urea groups is 1. The highest BCUT2D eigenvalue weighted by atomic mass is 16.5. The molecule has 12 nitrogen and oxygen atoms in total. The van der Waals surface area contributed by atoms with E-state index in [1.165, 1.54) is 0 Å². The van der Waals surface area contributed by atoms with Gasteiger partial charge in [-0.2, -0.15) is 0 Å². The number of H-pyrrole nitrogens is 1. The number of aromatic amines is 1. The number of nitrogens with zero attached hydrogens (tertiary/aromatic N) is 3. The third-order valence-corrected chi connectivity index (χ3v) is 7.54. The molecule has 0 atom stereocenters. The summed E-state index contributed by atoms with van der Waals surface area (Å²) in [5.41, 5.74) is 5.19. The first-order chi connectivity index (χ1) is 19.9. The molecule has 0 saturated carbocycles. The van der Waals surface area contributed by atoms with Gasteiger partial charge in [0.25, 0.3) is 5.91 Å². The fourth-order valence-electron chi connectivity index (χ4n) is 5.02. The molecular weight excluding hydrogens is 536 g/mol. The molecule has 0 spiro atoms. The van der Waals surface area contributed by atoms with Crippen LogP contribution in [0.1, 0.15) is 49.0 Å². The summed E-state index contributed by atoms with van der Waals surface area (Å²) in [7, 11) is 2.08. The van der Waals surface area contributed by atoms with Gasteiger partial charge in [0.2, 0.25) is 5.91 Å². The maximum Gasteiger partial charge on any atom is 0.324 e. The van der Waals surface area contributed by atoms with E-state index in [9.17, 15) is 14.4 Å². The predicted octanol–water partition coefficient (Wildman–Crippen LogP) is 4.24. The first kappa shape index (κ1) is 29.1. The Kier molecular flexibility index (Phi) is 7.93. The Labute approximate surface area is 244 Å². The van der Waals surface area contributed by atoms with Crippen LogP contribution in [-0.2, 0) is 15.0 Å². The standard InChI is InChI=1S/C30H38N8O4/c1-17-22(31-18(2)27(17)35-26(39)16-38-11-9-37(6)10-12-38)14-21-20-8-7-19(13-23(20)33-28(21)40)32-29(41)34-25-15-24(42-36-25)30(3,4)5/h7-8,13-15,31H,9-12,16H2,1-6H3,(H,33,40)(H,35,39)(H2,32,34,36,41).